The van der Waals surface area contributed by atoms with E-state index < -0.39 is 115 Å². The van der Waals surface area contributed by atoms with Gasteiger partial charge < -0.3 is 15.5 Å². The third-order valence-electron chi connectivity index (χ3n) is 3.79. The predicted octanol–water partition coefficient (Wildman–Crippen LogP) is 4.62. The first-order valence-corrected chi connectivity index (χ1v) is 8.69. The largest absolute Gasteiger partial charge is 0.478 e. The molecule has 0 aromatic heterocycles. The number of nitrogens with one attached hydrogen (secondary N) is 1. The first-order chi connectivity index (χ1) is 19.8. The second-order valence-corrected chi connectivity index (χ2v) is 6.02. The maximum absolute atomic E-state index is 11.7. The number of benzene rings is 3. The van der Waals surface area contributed by atoms with E-state index in [0.29, 0.717) is 0 Å². The third-order valence-corrected chi connectivity index (χ3v) is 3.79. The fraction of sp³-hybridized carbons (Fsp3) is 0.240. The molecule has 0 saturated heterocycles. The highest BCUT2D eigenvalue weighted by Crippen LogP contribution is 2.22. The zero-order valence-corrected chi connectivity index (χ0v) is 15.5. The van der Waals surface area contributed by atoms with Crippen molar-refractivity contribution in [3.63, 3.8) is 0 Å². The van der Waals surface area contributed by atoms with Gasteiger partial charge in [-0.3, -0.25) is 0 Å². The van der Waals surface area contributed by atoms with Crippen molar-refractivity contribution in [2.75, 3.05) is 13.0 Å². The Morgan fingerprint density at radius 1 is 1.07 bits per heavy atom. The van der Waals surface area contributed by atoms with E-state index in [4.69, 9.17) is 19.2 Å². The van der Waals surface area contributed by atoms with Crippen LogP contribution in [0.2, 0.25) is 0 Å². The zero-order valence-electron chi connectivity index (χ0n) is 29.5. The van der Waals surface area contributed by atoms with E-state index in [9.17, 15) is 15.0 Å². The Morgan fingerprint density at radius 2 is 1.79 bits per heavy atom. The number of aliphatic hydroxyl groups excluding tert-OH is 1. The van der Waals surface area contributed by atoms with Crippen molar-refractivity contribution < 1.29 is 34.2 Å². The van der Waals surface area contributed by atoms with E-state index >= 15 is 0 Å². The molecule has 3 N–H and O–H groups in total. The maximum atomic E-state index is 11.7. The molecule has 4 nitrogen and oxygen atoms in total. The van der Waals surface area contributed by atoms with Crippen LogP contribution in [0.15, 0.2) is 72.5 Å². The Balaban J connectivity index is 1.98. The predicted molar refractivity (Wildman–Crippen MR) is 116 cm³/mol. The number of carboxylic acid groups (broad SMARTS) is 1. The molecule has 0 radical (unpaired) electrons. The number of hydrogen-bond acceptors (Lipinski definition) is 3. The van der Waals surface area contributed by atoms with Crippen molar-refractivity contribution in [2.24, 2.45) is 0 Å². The Morgan fingerprint density at radius 3 is 2.59 bits per heavy atom. The minimum absolute atomic E-state index is 0.0703. The van der Waals surface area contributed by atoms with Crippen LogP contribution in [0, 0.1) is 6.92 Å². The molecule has 0 aliphatic heterocycles. The molecule has 0 heterocycles. The molecule has 0 aliphatic rings. The molecular formula is C25H27NO3. The van der Waals surface area contributed by atoms with Gasteiger partial charge in [0.25, 0.3) is 0 Å². The van der Waals surface area contributed by atoms with Gasteiger partial charge in [-0.25, -0.2) is 4.79 Å². The second-order valence-electron chi connectivity index (χ2n) is 6.02. The maximum Gasteiger partial charge on any atom is 0.335 e. The lowest BCUT2D eigenvalue weighted by Gasteiger charge is -2.13. The summed E-state index contributed by atoms with van der Waals surface area (Å²) in [5.74, 6) is -1.74. The van der Waals surface area contributed by atoms with Crippen molar-refractivity contribution in [1.82, 2.24) is 5.32 Å². The summed E-state index contributed by atoms with van der Waals surface area (Å²) in [5, 5.41) is 22.5. The van der Waals surface area contributed by atoms with Crippen molar-refractivity contribution in [3.05, 3.63) is 94.8 Å². The third kappa shape index (κ3) is 6.01. The van der Waals surface area contributed by atoms with E-state index in [0.717, 1.165) is 0 Å². The van der Waals surface area contributed by atoms with Crippen LogP contribution < -0.4 is 5.32 Å². The molecule has 3 rings (SSSR count). The lowest BCUT2D eigenvalue weighted by Crippen LogP contribution is -2.22. The highest BCUT2D eigenvalue weighted by atomic mass is 16.4. The summed E-state index contributed by atoms with van der Waals surface area (Å²) in [4.78, 5) is 11.7. The van der Waals surface area contributed by atoms with Gasteiger partial charge in [0.05, 0.1) is 28.1 Å². The molecule has 3 aromatic carbocycles. The Labute approximate surface area is 191 Å². The van der Waals surface area contributed by atoms with Crippen molar-refractivity contribution in [2.45, 2.75) is 25.9 Å². The number of carbonyl (C=O) groups is 1. The quantitative estimate of drug-likeness (QED) is 0.488. The van der Waals surface area contributed by atoms with Crippen LogP contribution in [0.1, 0.15) is 58.8 Å². The van der Waals surface area contributed by atoms with Gasteiger partial charge >= 0.3 is 5.97 Å². The van der Waals surface area contributed by atoms with E-state index in [-0.39, 0.29) is 28.8 Å². The number of carboxylic acids is 1. The Kier molecular flexibility index (Phi) is 3.19. The minimum Gasteiger partial charge on any atom is -0.478 e. The minimum atomic E-state index is -2.31. The van der Waals surface area contributed by atoms with Gasteiger partial charge in [-0.15, -0.1) is 0 Å². The molecule has 29 heavy (non-hydrogen) atoms. The van der Waals surface area contributed by atoms with Gasteiger partial charge in [-0.2, -0.15) is 0 Å². The monoisotopic (exact) mass is 403 g/mol. The smallest absolute Gasteiger partial charge is 0.335 e. The fourth-order valence-corrected chi connectivity index (χ4v) is 2.38. The summed E-state index contributed by atoms with van der Waals surface area (Å²) in [5.41, 5.74) is -2.61. The summed E-state index contributed by atoms with van der Waals surface area (Å²) < 4.78 is 114. The average Bonchev–Trinajstić information content (AvgIpc) is 2.93. The van der Waals surface area contributed by atoms with Crippen LogP contribution in [0.4, 0.5) is 0 Å². The first kappa shape index (κ1) is 9.24. The van der Waals surface area contributed by atoms with E-state index in [1.54, 1.807) is 0 Å². The standard InChI is InChI=1S/C25H27NO3/c1-18-6-2-11-22(14-18)24(27)17-26-13-5-8-19-7-3-9-20(15-19)21-10-4-12-23(16-21)25(28)29/h2-4,6-7,9-12,14-16,24,26-27H,5,8,13,17H2,1H3,(H,28,29)/t24-/m0/s1/i2D,3D,4D,6D,7D,9D,10D,11D,12D,13D2,14D,15D,16D. The Hall–Kier alpha value is -2.95. The lowest BCUT2D eigenvalue weighted by molar-refractivity contribution is 0.0697. The molecule has 0 aliphatic carbocycles. The van der Waals surface area contributed by atoms with Crippen LogP contribution in [0.25, 0.3) is 11.1 Å². The zero-order chi connectivity index (χ0) is 32.9. The second kappa shape index (κ2) is 10.0. The summed E-state index contributed by atoms with van der Waals surface area (Å²) in [7, 11) is 0. The summed E-state index contributed by atoms with van der Waals surface area (Å²) in [6, 6.07) is -7.99. The molecule has 0 amide bonds. The number of aromatic carboxylic acids is 1. The van der Waals surface area contributed by atoms with E-state index in [1.807, 2.05) is 0 Å². The molecule has 1 atom stereocenters. The summed E-state index contributed by atoms with van der Waals surface area (Å²) >= 11 is 0. The molecule has 3 aromatic rings. The highest BCUT2D eigenvalue weighted by Gasteiger charge is 2.07. The molecule has 0 fully saturated rings. The molecule has 0 spiro atoms. The van der Waals surface area contributed by atoms with Crippen LogP contribution in [0.5, 0.6) is 0 Å². The van der Waals surface area contributed by atoms with Gasteiger partial charge in [0, 0.05) is 9.29 Å². The van der Waals surface area contributed by atoms with E-state index in [2.05, 4.69) is 5.32 Å². The van der Waals surface area contributed by atoms with Crippen molar-refractivity contribution in [3.8, 4) is 11.1 Å². The average molecular weight is 404 g/mol. The van der Waals surface area contributed by atoms with Crippen LogP contribution >= 0.6 is 0 Å². The molecule has 0 saturated carbocycles. The molecule has 0 bridgehead atoms. The van der Waals surface area contributed by atoms with Gasteiger partial charge in [-0.05, 0) is 60.6 Å². The van der Waals surface area contributed by atoms with Gasteiger partial charge in [-0.1, -0.05) is 66.0 Å². The number of rotatable bonds is 9. The van der Waals surface area contributed by atoms with Crippen molar-refractivity contribution in [1.29, 1.82) is 0 Å². The topological polar surface area (TPSA) is 69.6 Å². The SMILES string of the molecule is [2H]c1c([2H])c(CCC([2H])([2H])NC[C@H](O)c2c([2H])c([2H])c([2H])c(C)c2[2H])c([2H])c(-c2c([2H])c([2H])c([2H])c(C(=O)O)c2[2H])c1[2H]. The highest BCUT2D eigenvalue weighted by molar-refractivity contribution is 5.89. The van der Waals surface area contributed by atoms with Gasteiger partial charge in [0.15, 0.2) is 0 Å². The first-order valence-electron chi connectivity index (χ1n) is 15.7. The van der Waals surface area contributed by atoms with Crippen LogP contribution in [-0.2, 0) is 6.42 Å². The summed E-state index contributed by atoms with van der Waals surface area (Å²) in [6.07, 6.45) is -2.47. The normalized spacial score (nSPS) is 19.2. The number of hydrogen-bond donors (Lipinski definition) is 3. The summed E-state index contributed by atoms with van der Waals surface area (Å²) in [6.45, 7) is -1.43. The molecule has 150 valence electrons. The Bertz CT molecular complexity index is 1610. The lowest BCUT2D eigenvalue weighted by atomic mass is 9.99. The van der Waals surface area contributed by atoms with E-state index in [1.165, 1.54) is 6.92 Å². The molecule has 4 heteroatoms. The van der Waals surface area contributed by atoms with Crippen LogP contribution in [-0.4, -0.2) is 29.2 Å². The van der Waals surface area contributed by atoms with Crippen molar-refractivity contribution >= 4 is 5.97 Å². The number of aliphatic hydroxyl groups is 1. The fourth-order valence-electron chi connectivity index (χ4n) is 2.38. The van der Waals surface area contributed by atoms with Crippen LogP contribution in [0.3, 0.4) is 0 Å². The molecular weight excluding hydrogens is 362 g/mol. The van der Waals surface area contributed by atoms with Gasteiger partial charge in [0.1, 0.15) is 0 Å². The molecule has 0 unspecified atom stereocenters. The van der Waals surface area contributed by atoms with Gasteiger partial charge in [0.2, 0.25) is 0 Å².